The second-order valence-corrected chi connectivity index (χ2v) is 4.78. The Bertz CT molecular complexity index is 300. The van der Waals surface area contributed by atoms with Crippen LogP contribution in [0, 0.1) is 5.92 Å². The molecule has 1 aromatic rings. The monoisotopic (exact) mass is 207 g/mol. The lowest BCUT2D eigenvalue weighted by Crippen LogP contribution is -2.16. The van der Waals surface area contributed by atoms with Crippen molar-refractivity contribution < 1.29 is 0 Å². The molecule has 15 heavy (non-hydrogen) atoms. The van der Waals surface area contributed by atoms with E-state index in [-0.39, 0.29) is 0 Å². The van der Waals surface area contributed by atoms with Crippen LogP contribution in [0.5, 0.6) is 0 Å². The van der Waals surface area contributed by atoms with Gasteiger partial charge in [-0.15, -0.1) is 0 Å². The minimum atomic E-state index is 0.557. The molecule has 0 aromatic carbocycles. The molecule has 2 N–H and O–H groups in total. The zero-order valence-corrected chi connectivity index (χ0v) is 9.52. The quantitative estimate of drug-likeness (QED) is 0.822. The molecule has 84 valence electrons. The Morgan fingerprint density at radius 3 is 2.93 bits per heavy atom. The number of imidazole rings is 1. The summed E-state index contributed by atoms with van der Waals surface area (Å²) in [5.74, 6) is 0.557. The van der Waals surface area contributed by atoms with E-state index in [1.54, 1.807) is 0 Å². The van der Waals surface area contributed by atoms with E-state index in [4.69, 9.17) is 5.73 Å². The van der Waals surface area contributed by atoms with Crippen molar-refractivity contribution in [2.24, 2.45) is 11.7 Å². The SMILES string of the molecule is CC(CN)Cc1cncn1C1CCCC1. The Morgan fingerprint density at radius 2 is 2.27 bits per heavy atom. The molecule has 0 radical (unpaired) electrons. The fourth-order valence-corrected chi connectivity index (χ4v) is 2.44. The molecule has 1 aliphatic rings. The van der Waals surface area contributed by atoms with Crippen LogP contribution < -0.4 is 5.73 Å². The molecular weight excluding hydrogens is 186 g/mol. The van der Waals surface area contributed by atoms with E-state index in [0.717, 1.165) is 13.0 Å². The number of aromatic nitrogens is 2. The smallest absolute Gasteiger partial charge is 0.0950 e. The van der Waals surface area contributed by atoms with Crippen LogP contribution in [0.1, 0.15) is 44.3 Å². The zero-order chi connectivity index (χ0) is 10.7. The summed E-state index contributed by atoms with van der Waals surface area (Å²) in [4.78, 5) is 4.28. The Labute approximate surface area is 91.7 Å². The predicted octanol–water partition coefficient (Wildman–Crippen LogP) is 2.14. The van der Waals surface area contributed by atoms with Crippen molar-refractivity contribution in [3.8, 4) is 0 Å². The maximum atomic E-state index is 5.66. The minimum Gasteiger partial charge on any atom is -0.332 e. The molecule has 0 amide bonds. The van der Waals surface area contributed by atoms with Gasteiger partial charge in [0.1, 0.15) is 0 Å². The standard InChI is InChI=1S/C12H21N3/c1-10(7-13)6-12-8-14-9-15(12)11-4-2-3-5-11/h8-11H,2-7,13H2,1H3. The third-order valence-electron chi connectivity index (χ3n) is 3.42. The molecule has 1 aliphatic carbocycles. The van der Waals surface area contributed by atoms with Crippen molar-refractivity contribution in [1.29, 1.82) is 0 Å². The molecule has 3 heteroatoms. The van der Waals surface area contributed by atoms with Crippen LogP contribution in [-0.4, -0.2) is 16.1 Å². The van der Waals surface area contributed by atoms with Gasteiger partial charge in [0.2, 0.25) is 0 Å². The fraction of sp³-hybridized carbons (Fsp3) is 0.750. The molecule has 1 atom stereocenters. The van der Waals surface area contributed by atoms with Gasteiger partial charge in [-0.3, -0.25) is 0 Å². The second-order valence-electron chi connectivity index (χ2n) is 4.78. The summed E-state index contributed by atoms with van der Waals surface area (Å²) in [5, 5.41) is 0. The molecule has 1 saturated carbocycles. The highest BCUT2D eigenvalue weighted by Gasteiger charge is 2.19. The largest absolute Gasteiger partial charge is 0.332 e. The highest BCUT2D eigenvalue weighted by molar-refractivity contribution is 5.02. The predicted molar refractivity (Wildman–Crippen MR) is 61.7 cm³/mol. The van der Waals surface area contributed by atoms with E-state index in [1.165, 1.54) is 31.4 Å². The van der Waals surface area contributed by atoms with Gasteiger partial charge in [-0.1, -0.05) is 19.8 Å². The van der Waals surface area contributed by atoms with Crippen LogP contribution in [0.15, 0.2) is 12.5 Å². The molecular formula is C12H21N3. The van der Waals surface area contributed by atoms with E-state index in [0.29, 0.717) is 12.0 Å². The number of rotatable bonds is 4. The highest BCUT2D eigenvalue weighted by Crippen LogP contribution is 2.30. The van der Waals surface area contributed by atoms with Gasteiger partial charge < -0.3 is 10.3 Å². The molecule has 1 fully saturated rings. The Balaban J connectivity index is 2.07. The summed E-state index contributed by atoms with van der Waals surface area (Å²) >= 11 is 0. The third-order valence-corrected chi connectivity index (χ3v) is 3.42. The van der Waals surface area contributed by atoms with Crippen LogP contribution in [0.4, 0.5) is 0 Å². The second kappa shape index (κ2) is 4.79. The average Bonchev–Trinajstić information content (AvgIpc) is 2.86. The van der Waals surface area contributed by atoms with Gasteiger partial charge in [0.15, 0.2) is 0 Å². The number of hydrogen-bond donors (Lipinski definition) is 1. The van der Waals surface area contributed by atoms with Crippen LogP contribution in [-0.2, 0) is 6.42 Å². The summed E-state index contributed by atoms with van der Waals surface area (Å²) < 4.78 is 2.37. The van der Waals surface area contributed by atoms with Crippen LogP contribution in [0.2, 0.25) is 0 Å². The van der Waals surface area contributed by atoms with E-state index in [1.807, 2.05) is 12.5 Å². The van der Waals surface area contributed by atoms with E-state index in [9.17, 15) is 0 Å². The first-order valence-corrected chi connectivity index (χ1v) is 6.02. The van der Waals surface area contributed by atoms with Crippen molar-refractivity contribution in [2.45, 2.75) is 45.1 Å². The van der Waals surface area contributed by atoms with Crippen LogP contribution in [0.25, 0.3) is 0 Å². The summed E-state index contributed by atoms with van der Waals surface area (Å²) in [6.07, 6.45) is 10.4. The third kappa shape index (κ3) is 2.40. The Hall–Kier alpha value is -0.830. The summed E-state index contributed by atoms with van der Waals surface area (Å²) in [6.45, 7) is 2.96. The molecule has 0 spiro atoms. The van der Waals surface area contributed by atoms with Gasteiger partial charge in [0.25, 0.3) is 0 Å². The Morgan fingerprint density at radius 1 is 1.53 bits per heavy atom. The first kappa shape index (κ1) is 10.7. The van der Waals surface area contributed by atoms with Gasteiger partial charge in [-0.2, -0.15) is 0 Å². The number of hydrogen-bond acceptors (Lipinski definition) is 2. The lowest BCUT2D eigenvalue weighted by atomic mass is 10.1. The summed E-state index contributed by atoms with van der Waals surface area (Å²) in [5.41, 5.74) is 7.02. The van der Waals surface area contributed by atoms with Gasteiger partial charge in [0.05, 0.1) is 6.33 Å². The molecule has 0 saturated heterocycles. The normalized spacial score (nSPS) is 19.6. The number of nitrogens with zero attached hydrogens (tertiary/aromatic N) is 2. The van der Waals surface area contributed by atoms with Crippen LogP contribution >= 0.6 is 0 Å². The summed E-state index contributed by atoms with van der Waals surface area (Å²) in [6, 6.07) is 0.701. The van der Waals surface area contributed by atoms with Gasteiger partial charge in [-0.05, 0) is 31.7 Å². The molecule has 0 bridgehead atoms. The van der Waals surface area contributed by atoms with Gasteiger partial charge in [-0.25, -0.2) is 4.98 Å². The van der Waals surface area contributed by atoms with Crippen molar-refractivity contribution in [3.05, 3.63) is 18.2 Å². The maximum absolute atomic E-state index is 5.66. The average molecular weight is 207 g/mol. The molecule has 1 unspecified atom stereocenters. The topological polar surface area (TPSA) is 43.8 Å². The lowest BCUT2D eigenvalue weighted by molar-refractivity contribution is 0.478. The fourth-order valence-electron chi connectivity index (χ4n) is 2.44. The minimum absolute atomic E-state index is 0.557. The lowest BCUT2D eigenvalue weighted by Gasteiger charge is -2.16. The number of nitrogens with two attached hydrogens (primary N) is 1. The van der Waals surface area contributed by atoms with Gasteiger partial charge in [0, 0.05) is 17.9 Å². The van der Waals surface area contributed by atoms with Crippen molar-refractivity contribution >= 4 is 0 Å². The zero-order valence-electron chi connectivity index (χ0n) is 9.52. The van der Waals surface area contributed by atoms with E-state index < -0.39 is 0 Å². The summed E-state index contributed by atoms with van der Waals surface area (Å²) in [7, 11) is 0. The maximum Gasteiger partial charge on any atom is 0.0950 e. The van der Waals surface area contributed by atoms with Crippen molar-refractivity contribution in [1.82, 2.24) is 9.55 Å². The highest BCUT2D eigenvalue weighted by atomic mass is 15.1. The van der Waals surface area contributed by atoms with Gasteiger partial charge >= 0.3 is 0 Å². The van der Waals surface area contributed by atoms with E-state index in [2.05, 4.69) is 16.5 Å². The van der Waals surface area contributed by atoms with Crippen molar-refractivity contribution in [3.63, 3.8) is 0 Å². The molecule has 0 aliphatic heterocycles. The van der Waals surface area contributed by atoms with Crippen LogP contribution in [0.3, 0.4) is 0 Å². The molecule has 1 heterocycles. The first-order chi connectivity index (χ1) is 7.31. The van der Waals surface area contributed by atoms with E-state index >= 15 is 0 Å². The molecule has 3 nitrogen and oxygen atoms in total. The first-order valence-electron chi connectivity index (χ1n) is 6.02. The van der Waals surface area contributed by atoms with Crippen molar-refractivity contribution in [2.75, 3.05) is 6.54 Å². The Kier molecular flexibility index (Phi) is 3.41. The molecule has 2 rings (SSSR count). The molecule has 1 aromatic heterocycles.